The average Bonchev–Trinajstić information content (AvgIpc) is 2.95. The summed E-state index contributed by atoms with van der Waals surface area (Å²) < 4.78 is 5.02. The normalized spacial score (nSPS) is 10.5. The van der Waals surface area contributed by atoms with Crippen molar-refractivity contribution in [3.8, 4) is 0 Å². The molecule has 2 aromatic heterocycles. The molecule has 0 fully saturated rings. The topological polar surface area (TPSA) is 113 Å². The highest BCUT2D eigenvalue weighted by Gasteiger charge is 2.09. The smallest absolute Gasteiger partial charge is 0.414 e. The Morgan fingerprint density at radius 1 is 1.33 bits per heavy atom. The van der Waals surface area contributed by atoms with E-state index in [9.17, 15) is 9.59 Å². The zero-order chi connectivity index (χ0) is 14.7. The predicted octanol–water partition coefficient (Wildman–Crippen LogP) is 1.20. The molecule has 3 aromatic rings. The van der Waals surface area contributed by atoms with Crippen molar-refractivity contribution in [3.05, 3.63) is 52.6 Å². The van der Waals surface area contributed by atoms with Crippen molar-refractivity contribution in [3.63, 3.8) is 0 Å². The minimum absolute atomic E-state index is 0.0361. The van der Waals surface area contributed by atoms with Crippen LogP contribution in [0.1, 0.15) is 5.56 Å². The van der Waals surface area contributed by atoms with Crippen molar-refractivity contribution in [2.24, 2.45) is 0 Å². The largest absolute Gasteiger partial charge is 0.444 e. The Kier molecular flexibility index (Phi) is 3.34. The van der Waals surface area contributed by atoms with E-state index in [1.54, 1.807) is 0 Å². The molecule has 0 aliphatic carbocycles. The number of benzene rings is 1. The fourth-order valence-corrected chi connectivity index (χ4v) is 1.71. The van der Waals surface area contributed by atoms with Crippen LogP contribution in [0.2, 0.25) is 0 Å². The van der Waals surface area contributed by atoms with Gasteiger partial charge in [0.2, 0.25) is 5.95 Å². The summed E-state index contributed by atoms with van der Waals surface area (Å²) in [6.07, 6.45) is 1.68. The van der Waals surface area contributed by atoms with Crippen molar-refractivity contribution in [2.45, 2.75) is 6.61 Å². The molecular weight excluding hydrogens is 274 g/mol. The second kappa shape index (κ2) is 5.45. The molecule has 1 amide bonds. The number of imidazole rings is 1. The van der Waals surface area contributed by atoms with Gasteiger partial charge in [-0.3, -0.25) is 15.1 Å². The van der Waals surface area contributed by atoms with Crippen LogP contribution >= 0.6 is 0 Å². The van der Waals surface area contributed by atoms with E-state index in [1.807, 2.05) is 30.3 Å². The standard InChI is InChI=1S/C13H10N5O3/c19-11-9-10(15-7-14-9)16-12(17-11)18-13(20)21-6-8-4-2-1-3-5-8/h1-5H,6H2,(H3,14,15,16,17,18,19,20). The highest BCUT2D eigenvalue weighted by molar-refractivity contribution is 5.83. The van der Waals surface area contributed by atoms with E-state index in [1.165, 1.54) is 0 Å². The SMILES string of the molecule is O=C(Nc1nc2n[c][nH]c2c(=O)[nH]1)OCc1ccccc1. The molecule has 3 N–H and O–H groups in total. The summed E-state index contributed by atoms with van der Waals surface area (Å²) in [5, 5.41) is 2.34. The van der Waals surface area contributed by atoms with Gasteiger partial charge in [0.1, 0.15) is 6.61 Å². The van der Waals surface area contributed by atoms with Crippen LogP contribution in [0.3, 0.4) is 0 Å². The summed E-state index contributed by atoms with van der Waals surface area (Å²) in [4.78, 5) is 35.9. The maximum atomic E-state index is 11.6. The number of carbonyl (C=O) groups is 1. The number of carbonyl (C=O) groups excluding carboxylic acids is 1. The maximum Gasteiger partial charge on any atom is 0.414 e. The molecule has 0 bridgehead atoms. The number of aromatic amines is 2. The highest BCUT2D eigenvalue weighted by Crippen LogP contribution is 2.05. The molecule has 105 valence electrons. The van der Waals surface area contributed by atoms with E-state index in [4.69, 9.17) is 4.74 Å². The molecule has 0 spiro atoms. The van der Waals surface area contributed by atoms with Gasteiger partial charge in [0.05, 0.1) is 0 Å². The minimum Gasteiger partial charge on any atom is -0.444 e. The third-order valence-corrected chi connectivity index (χ3v) is 2.68. The van der Waals surface area contributed by atoms with Gasteiger partial charge in [-0.05, 0) is 5.56 Å². The number of nitrogens with one attached hydrogen (secondary N) is 3. The Bertz CT molecular complexity index is 824. The fraction of sp³-hybridized carbons (Fsp3) is 0.0769. The van der Waals surface area contributed by atoms with Gasteiger partial charge in [0, 0.05) is 0 Å². The van der Waals surface area contributed by atoms with E-state index < -0.39 is 11.7 Å². The fourth-order valence-electron chi connectivity index (χ4n) is 1.71. The second-order valence-electron chi connectivity index (χ2n) is 4.15. The quantitative estimate of drug-likeness (QED) is 0.668. The van der Waals surface area contributed by atoms with Crippen molar-refractivity contribution in [1.82, 2.24) is 19.9 Å². The predicted molar refractivity (Wildman–Crippen MR) is 73.6 cm³/mol. The van der Waals surface area contributed by atoms with E-state index in [2.05, 4.69) is 31.6 Å². The zero-order valence-corrected chi connectivity index (χ0v) is 10.7. The Balaban J connectivity index is 1.67. The molecule has 1 radical (unpaired) electrons. The van der Waals surface area contributed by atoms with E-state index in [-0.39, 0.29) is 23.7 Å². The maximum absolute atomic E-state index is 11.6. The molecule has 2 heterocycles. The number of hydrogen-bond acceptors (Lipinski definition) is 5. The molecule has 0 aliphatic heterocycles. The summed E-state index contributed by atoms with van der Waals surface area (Å²) in [5.74, 6) is -0.0361. The second-order valence-corrected chi connectivity index (χ2v) is 4.15. The van der Waals surface area contributed by atoms with E-state index in [0.717, 1.165) is 5.56 Å². The Morgan fingerprint density at radius 3 is 2.95 bits per heavy atom. The van der Waals surface area contributed by atoms with Crippen LogP contribution in [0.15, 0.2) is 35.1 Å². The number of ether oxygens (including phenoxy) is 1. The van der Waals surface area contributed by atoms with Crippen molar-refractivity contribution >= 4 is 23.2 Å². The minimum atomic E-state index is -0.721. The lowest BCUT2D eigenvalue weighted by Crippen LogP contribution is -2.19. The van der Waals surface area contributed by atoms with Crippen LogP contribution < -0.4 is 10.9 Å². The van der Waals surface area contributed by atoms with Crippen LogP contribution in [0, 0.1) is 6.33 Å². The van der Waals surface area contributed by atoms with E-state index >= 15 is 0 Å². The Morgan fingerprint density at radius 2 is 2.14 bits per heavy atom. The summed E-state index contributed by atoms with van der Waals surface area (Å²) in [6, 6.07) is 9.22. The first-order chi connectivity index (χ1) is 10.2. The Hall–Kier alpha value is -3.16. The molecule has 8 heteroatoms. The lowest BCUT2D eigenvalue weighted by atomic mass is 10.2. The van der Waals surface area contributed by atoms with Crippen LogP contribution in [-0.4, -0.2) is 26.0 Å². The van der Waals surface area contributed by atoms with Gasteiger partial charge in [-0.15, -0.1) is 0 Å². The monoisotopic (exact) mass is 284 g/mol. The first-order valence-electron chi connectivity index (χ1n) is 6.06. The lowest BCUT2D eigenvalue weighted by molar-refractivity contribution is 0.155. The van der Waals surface area contributed by atoms with Crippen LogP contribution in [0.4, 0.5) is 10.7 Å². The zero-order valence-electron chi connectivity index (χ0n) is 10.7. The summed E-state index contributed by atoms with van der Waals surface area (Å²) in [6.45, 7) is 0.120. The third kappa shape index (κ3) is 2.89. The lowest BCUT2D eigenvalue weighted by Gasteiger charge is -2.06. The van der Waals surface area contributed by atoms with Gasteiger partial charge in [0.15, 0.2) is 17.5 Å². The molecule has 0 aliphatic rings. The number of aromatic nitrogens is 4. The summed E-state index contributed by atoms with van der Waals surface area (Å²) in [5.41, 5.74) is 0.758. The van der Waals surface area contributed by atoms with Gasteiger partial charge < -0.3 is 9.72 Å². The molecule has 0 saturated heterocycles. The van der Waals surface area contributed by atoms with Gasteiger partial charge in [-0.1, -0.05) is 30.3 Å². The van der Waals surface area contributed by atoms with Crippen molar-refractivity contribution in [1.29, 1.82) is 0 Å². The van der Waals surface area contributed by atoms with Gasteiger partial charge in [0.25, 0.3) is 5.56 Å². The van der Waals surface area contributed by atoms with Crippen molar-refractivity contribution in [2.75, 3.05) is 5.32 Å². The highest BCUT2D eigenvalue weighted by atomic mass is 16.5. The first kappa shape index (κ1) is 12.9. The first-order valence-corrected chi connectivity index (χ1v) is 6.06. The molecule has 21 heavy (non-hydrogen) atoms. The number of rotatable bonds is 3. The summed E-state index contributed by atoms with van der Waals surface area (Å²) in [7, 11) is 0. The van der Waals surface area contributed by atoms with Gasteiger partial charge >= 0.3 is 6.09 Å². The van der Waals surface area contributed by atoms with Gasteiger partial charge in [-0.2, -0.15) is 4.98 Å². The number of amides is 1. The molecular formula is C13H10N5O3. The number of hydrogen-bond donors (Lipinski definition) is 3. The molecule has 0 atom stereocenters. The van der Waals surface area contributed by atoms with Crippen molar-refractivity contribution < 1.29 is 9.53 Å². The number of anilines is 1. The van der Waals surface area contributed by atoms with Crippen LogP contribution in [-0.2, 0) is 11.3 Å². The van der Waals surface area contributed by atoms with E-state index in [0.29, 0.717) is 0 Å². The number of fused-ring (bicyclic) bond motifs is 1. The van der Waals surface area contributed by atoms with Crippen LogP contribution in [0.5, 0.6) is 0 Å². The molecule has 1 aromatic carbocycles. The molecule has 3 rings (SSSR count). The summed E-state index contributed by atoms with van der Waals surface area (Å²) >= 11 is 0. The van der Waals surface area contributed by atoms with Crippen LogP contribution in [0.25, 0.3) is 11.2 Å². The average molecular weight is 284 g/mol. The molecule has 8 nitrogen and oxygen atoms in total. The number of nitrogens with zero attached hydrogens (tertiary/aromatic N) is 2. The number of H-pyrrole nitrogens is 2. The molecule has 0 unspecified atom stereocenters. The molecule has 0 saturated carbocycles. The third-order valence-electron chi connectivity index (χ3n) is 2.68. The Labute approximate surface area is 118 Å². The van der Waals surface area contributed by atoms with Gasteiger partial charge in [-0.25, -0.2) is 9.78 Å².